The minimum absolute atomic E-state index is 0.164. The molecule has 4 aromatic rings. The van der Waals surface area contributed by atoms with Gasteiger partial charge < -0.3 is 14.8 Å². The number of para-hydroxylation sites is 2. The van der Waals surface area contributed by atoms with Crippen molar-refractivity contribution in [2.45, 2.75) is 6.54 Å². The van der Waals surface area contributed by atoms with Crippen molar-refractivity contribution in [1.29, 1.82) is 0 Å². The van der Waals surface area contributed by atoms with Crippen LogP contribution in [0.15, 0.2) is 77.6 Å². The van der Waals surface area contributed by atoms with Crippen molar-refractivity contribution < 1.29 is 14.3 Å². The number of rotatable bonds is 6. The maximum Gasteiger partial charge on any atom is 0.276 e. The van der Waals surface area contributed by atoms with Crippen molar-refractivity contribution in [3.8, 4) is 17.2 Å². The molecule has 0 aliphatic heterocycles. The van der Waals surface area contributed by atoms with Crippen molar-refractivity contribution >= 4 is 16.8 Å². The Balaban J connectivity index is 1.69. The Morgan fingerprint density at radius 1 is 0.935 bits per heavy atom. The average molecular weight is 415 g/mol. The second-order valence-corrected chi connectivity index (χ2v) is 6.81. The van der Waals surface area contributed by atoms with E-state index in [-0.39, 0.29) is 12.2 Å². The third kappa shape index (κ3) is 3.98. The number of hydrogen-bond donors (Lipinski definition) is 1. The largest absolute Gasteiger partial charge is 0.493 e. The van der Waals surface area contributed by atoms with Gasteiger partial charge in [0.1, 0.15) is 0 Å². The number of carbonyl (C=O) groups excluding carboxylic acids is 1. The zero-order chi connectivity index (χ0) is 21.8. The van der Waals surface area contributed by atoms with Crippen LogP contribution in [0.2, 0.25) is 0 Å². The molecule has 3 aromatic carbocycles. The van der Waals surface area contributed by atoms with Crippen LogP contribution in [-0.4, -0.2) is 29.9 Å². The molecule has 4 rings (SSSR count). The predicted octanol–water partition coefficient (Wildman–Crippen LogP) is 3.33. The van der Waals surface area contributed by atoms with Gasteiger partial charge in [-0.2, -0.15) is 5.10 Å². The topological polar surface area (TPSA) is 82.5 Å². The zero-order valence-electron chi connectivity index (χ0n) is 17.2. The first-order valence-electron chi connectivity index (χ1n) is 9.69. The van der Waals surface area contributed by atoms with Gasteiger partial charge in [-0.3, -0.25) is 9.59 Å². The fourth-order valence-electron chi connectivity index (χ4n) is 3.35. The molecule has 0 saturated heterocycles. The van der Waals surface area contributed by atoms with E-state index in [1.165, 1.54) is 0 Å². The van der Waals surface area contributed by atoms with Crippen LogP contribution in [0.3, 0.4) is 0 Å². The molecule has 156 valence electrons. The summed E-state index contributed by atoms with van der Waals surface area (Å²) in [5.41, 5.74) is 1.62. The first-order chi connectivity index (χ1) is 15.1. The number of nitrogens with one attached hydrogen (secondary N) is 1. The third-order valence-electron chi connectivity index (χ3n) is 4.91. The highest BCUT2D eigenvalue weighted by Crippen LogP contribution is 2.27. The van der Waals surface area contributed by atoms with Crippen LogP contribution in [-0.2, 0) is 6.54 Å². The predicted molar refractivity (Wildman–Crippen MR) is 118 cm³/mol. The molecule has 1 heterocycles. The van der Waals surface area contributed by atoms with E-state index in [1.807, 2.05) is 48.5 Å². The molecule has 1 amide bonds. The van der Waals surface area contributed by atoms with E-state index in [4.69, 9.17) is 9.47 Å². The molecule has 7 nitrogen and oxygen atoms in total. The molecule has 0 saturated carbocycles. The van der Waals surface area contributed by atoms with E-state index >= 15 is 0 Å². The third-order valence-corrected chi connectivity index (χ3v) is 4.91. The molecule has 1 N–H and O–H groups in total. The van der Waals surface area contributed by atoms with E-state index in [9.17, 15) is 9.59 Å². The Labute approximate surface area is 178 Å². The van der Waals surface area contributed by atoms with E-state index in [1.54, 1.807) is 43.2 Å². The summed E-state index contributed by atoms with van der Waals surface area (Å²) in [6, 6.07) is 21.8. The van der Waals surface area contributed by atoms with Crippen molar-refractivity contribution in [3.63, 3.8) is 0 Å². The maximum absolute atomic E-state index is 13.0. The van der Waals surface area contributed by atoms with Gasteiger partial charge in [0.05, 0.1) is 30.8 Å². The number of methoxy groups -OCH3 is 2. The summed E-state index contributed by atoms with van der Waals surface area (Å²) in [5, 5.41) is 7.60. The van der Waals surface area contributed by atoms with Gasteiger partial charge in [-0.25, -0.2) is 4.68 Å². The van der Waals surface area contributed by atoms with Crippen LogP contribution in [0, 0.1) is 0 Å². The molecule has 31 heavy (non-hydrogen) atoms. The molecule has 1 aromatic heterocycles. The van der Waals surface area contributed by atoms with Gasteiger partial charge >= 0.3 is 0 Å². The van der Waals surface area contributed by atoms with E-state index in [0.29, 0.717) is 22.4 Å². The number of benzene rings is 3. The number of fused-ring (bicyclic) bond motifs is 1. The molecular weight excluding hydrogens is 394 g/mol. The Morgan fingerprint density at radius 2 is 1.65 bits per heavy atom. The number of ether oxygens (including phenoxy) is 2. The maximum atomic E-state index is 13.0. The molecule has 0 atom stereocenters. The Bertz CT molecular complexity index is 1300. The van der Waals surface area contributed by atoms with Crippen molar-refractivity contribution in [1.82, 2.24) is 15.1 Å². The lowest BCUT2D eigenvalue weighted by molar-refractivity contribution is 0.0943. The second-order valence-electron chi connectivity index (χ2n) is 6.81. The van der Waals surface area contributed by atoms with Gasteiger partial charge in [0.2, 0.25) is 5.43 Å². The van der Waals surface area contributed by atoms with Crippen molar-refractivity contribution in [3.05, 3.63) is 94.3 Å². The number of carbonyl (C=O) groups is 1. The smallest absolute Gasteiger partial charge is 0.276 e. The zero-order valence-corrected chi connectivity index (χ0v) is 17.2. The van der Waals surface area contributed by atoms with Gasteiger partial charge in [-0.15, -0.1) is 0 Å². The summed E-state index contributed by atoms with van der Waals surface area (Å²) in [7, 11) is 3.10. The molecule has 0 radical (unpaired) electrons. The normalized spacial score (nSPS) is 10.6. The average Bonchev–Trinajstić information content (AvgIpc) is 2.83. The summed E-state index contributed by atoms with van der Waals surface area (Å²) >= 11 is 0. The summed E-state index contributed by atoms with van der Waals surface area (Å²) in [6.45, 7) is 0.207. The standard InChI is InChI=1S/C24H21N3O4/c1-30-20-13-12-16(14-21(20)31-2)15-25-24(29)22-23(28)18-10-6-7-11-19(18)27(26-22)17-8-4-3-5-9-17/h3-14H,15H2,1-2H3,(H,25,29). The summed E-state index contributed by atoms with van der Waals surface area (Å²) in [5.74, 6) is 0.610. The molecule has 7 heteroatoms. The Kier molecular flexibility index (Phi) is 5.66. The van der Waals surface area contributed by atoms with Gasteiger partial charge in [0, 0.05) is 6.54 Å². The monoisotopic (exact) mass is 415 g/mol. The minimum Gasteiger partial charge on any atom is -0.493 e. The lowest BCUT2D eigenvalue weighted by Gasteiger charge is -2.13. The fraction of sp³-hybridized carbons (Fsp3) is 0.125. The van der Waals surface area contributed by atoms with Crippen LogP contribution in [0.1, 0.15) is 16.1 Å². The summed E-state index contributed by atoms with van der Waals surface area (Å²) in [6.07, 6.45) is 0. The number of aromatic nitrogens is 2. The van der Waals surface area contributed by atoms with Crippen LogP contribution in [0.4, 0.5) is 0 Å². The summed E-state index contributed by atoms with van der Waals surface area (Å²) in [4.78, 5) is 25.9. The summed E-state index contributed by atoms with van der Waals surface area (Å²) < 4.78 is 12.1. The lowest BCUT2D eigenvalue weighted by atomic mass is 10.1. The Hall–Kier alpha value is -4.13. The molecule has 0 bridgehead atoms. The van der Waals surface area contributed by atoms with Gasteiger partial charge in [0.15, 0.2) is 17.2 Å². The van der Waals surface area contributed by atoms with E-state index in [0.717, 1.165) is 11.3 Å². The SMILES string of the molecule is COc1ccc(CNC(=O)c2nn(-c3ccccc3)c3ccccc3c2=O)cc1OC. The molecular formula is C24H21N3O4. The molecule has 0 aliphatic rings. The van der Waals surface area contributed by atoms with Gasteiger partial charge in [-0.05, 0) is 42.0 Å². The first kappa shape index (κ1) is 20.2. The Morgan fingerprint density at radius 3 is 2.39 bits per heavy atom. The van der Waals surface area contributed by atoms with Crippen LogP contribution >= 0.6 is 0 Å². The first-order valence-corrected chi connectivity index (χ1v) is 9.69. The number of nitrogens with zero attached hydrogens (tertiary/aromatic N) is 2. The van der Waals surface area contributed by atoms with E-state index < -0.39 is 11.3 Å². The van der Waals surface area contributed by atoms with Crippen LogP contribution in [0.5, 0.6) is 11.5 Å². The molecule has 0 unspecified atom stereocenters. The number of hydrogen-bond acceptors (Lipinski definition) is 5. The minimum atomic E-state index is -0.546. The van der Waals surface area contributed by atoms with Gasteiger partial charge in [-0.1, -0.05) is 36.4 Å². The fourth-order valence-corrected chi connectivity index (χ4v) is 3.35. The van der Waals surface area contributed by atoms with E-state index in [2.05, 4.69) is 10.4 Å². The van der Waals surface area contributed by atoms with Crippen molar-refractivity contribution in [2.75, 3.05) is 14.2 Å². The number of amides is 1. The van der Waals surface area contributed by atoms with Crippen LogP contribution in [0.25, 0.3) is 16.6 Å². The molecule has 0 fully saturated rings. The molecule has 0 spiro atoms. The second kappa shape index (κ2) is 8.71. The van der Waals surface area contributed by atoms with Gasteiger partial charge in [0.25, 0.3) is 5.91 Å². The molecule has 0 aliphatic carbocycles. The highest BCUT2D eigenvalue weighted by Gasteiger charge is 2.18. The van der Waals surface area contributed by atoms with Crippen LogP contribution < -0.4 is 20.2 Å². The lowest BCUT2D eigenvalue weighted by Crippen LogP contribution is -2.31. The van der Waals surface area contributed by atoms with Crippen molar-refractivity contribution in [2.24, 2.45) is 0 Å². The highest BCUT2D eigenvalue weighted by atomic mass is 16.5. The highest BCUT2D eigenvalue weighted by molar-refractivity contribution is 5.95. The quantitative estimate of drug-likeness (QED) is 0.522.